The van der Waals surface area contributed by atoms with Crippen LogP contribution < -0.4 is 11.1 Å². The molecule has 3 nitrogen and oxygen atoms in total. The van der Waals surface area contributed by atoms with E-state index >= 15 is 0 Å². The van der Waals surface area contributed by atoms with Crippen LogP contribution in [0.25, 0.3) is 0 Å². The lowest BCUT2D eigenvalue weighted by Crippen LogP contribution is -2.49. The molecule has 0 radical (unpaired) electrons. The Labute approximate surface area is 158 Å². The van der Waals surface area contributed by atoms with Crippen molar-refractivity contribution in [2.24, 2.45) is 23.5 Å². The van der Waals surface area contributed by atoms with Crippen molar-refractivity contribution in [2.45, 2.75) is 57.0 Å². The highest BCUT2D eigenvalue weighted by Crippen LogP contribution is 2.42. The largest absolute Gasteiger partial charge is 0.349 e. The van der Waals surface area contributed by atoms with Gasteiger partial charge in [0.15, 0.2) is 0 Å². The summed E-state index contributed by atoms with van der Waals surface area (Å²) in [7, 11) is 0. The highest BCUT2D eigenvalue weighted by molar-refractivity contribution is 9.10. The summed E-state index contributed by atoms with van der Waals surface area (Å²) in [5.41, 5.74) is 9.01. The van der Waals surface area contributed by atoms with Crippen molar-refractivity contribution in [1.82, 2.24) is 5.32 Å². The number of rotatable bonds is 2. The molecule has 4 rings (SSSR count). The van der Waals surface area contributed by atoms with Crippen LogP contribution in [0.2, 0.25) is 0 Å². The van der Waals surface area contributed by atoms with Crippen LogP contribution in [0.1, 0.15) is 55.7 Å². The molecule has 0 aliphatic heterocycles. The van der Waals surface area contributed by atoms with Gasteiger partial charge in [0.2, 0.25) is 5.91 Å². The molecule has 2 bridgehead atoms. The van der Waals surface area contributed by atoms with E-state index in [1.165, 1.54) is 34.9 Å². The van der Waals surface area contributed by atoms with Gasteiger partial charge in [-0.25, -0.2) is 0 Å². The molecule has 3 aliphatic rings. The standard InChI is InChI=1S/C19H25BrN2O.ClH/c20-16-6-2-5-15-14(16)7-8-17(15)22-19(23)13-9-11-3-1-4-12(10-13)18(11)21;/h2,5-6,11-13,17-18H,1,3-4,7-10,21H2,(H,22,23);1H. The van der Waals surface area contributed by atoms with E-state index in [0.717, 1.165) is 25.7 Å². The summed E-state index contributed by atoms with van der Waals surface area (Å²) in [6.45, 7) is 0. The molecule has 24 heavy (non-hydrogen) atoms. The third-order valence-corrected chi connectivity index (χ3v) is 7.06. The Hall–Kier alpha value is -0.580. The van der Waals surface area contributed by atoms with Gasteiger partial charge in [-0.1, -0.05) is 34.5 Å². The highest BCUT2D eigenvalue weighted by Gasteiger charge is 2.41. The fourth-order valence-corrected chi connectivity index (χ4v) is 5.63. The third kappa shape index (κ3) is 3.25. The fourth-order valence-electron chi connectivity index (χ4n) is 5.05. The van der Waals surface area contributed by atoms with E-state index in [4.69, 9.17) is 5.73 Å². The minimum Gasteiger partial charge on any atom is -0.349 e. The molecule has 0 aromatic heterocycles. The molecule has 3 unspecified atom stereocenters. The summed E-state index contributed by atoms with van der Waals surface area (Å²) in [4.78, 5) is 12.8. The van der Waals surface area contributed by atoms with Crippen LogP contribution in [0.4, 0.5) is 0 Å². The number of nitrogens with one attached hydrogen (secondary N) is 1. The van der Waals surface area contributed by atoms with E-state index in [1.54, 1.807) is 0 Å². The van der Waals surface area contributed by atoms with Crippen molar-refractivity contribution >= 4 is 34.2 Å². The van der Waals surface area contributed by atoms with Gasteiger partial charge >= 0.3 is 0 Å². The number of halogens is 2. The van der Waals surface area contributed by atoms with Crippen LogP contribution in [-0.4, -0.2) is 11.9 Å². The predicted molar refractivity (Wildman–Crippen MR) is 102 cm³/mol. The molecule has 3 atom stereocenters. The first-order chi connectivity index (χ1) is 11.1. The number of nitrogens with two attached hydrogens (primary N) is 1. The summed E-state index contributed by atoms with van der Waals surface area (Å²) in [6, 6.07) is 6.83. The molecule has 3 aliphatic carbocycles. The van der Waals surface area contributed by atoms with E-state index in [9.17, 15) is 4.79 Å². The Bertz CT molecular complexity index is 609. The van der Waals surface area contributed by atoms with Crippen molar-refractivity contribution in [2.75, 3.05) is 0 Å². The maximum absolute atomic E-state index is 12.8. The van der Waals surface area contributed by atoms with Crippen molar-refractivity contribution in [3.8, 4) is 0 Å². The van der Waals surface area contributed by atoms with E-state index in [0.29, 0.717) is 17.9 Å². The second-order valence-electron chi connectivity index (χ2n) is 7.60. The molecule has 0 saturated heterocycles. The summed E-state index contributed by atoms with van der Waals surface area (Å²) in [6.07, 6.45) is 7.75. The molecular formula is C19H26BrClN2O. The molecule has 0 heterocycles. The van der Waals surface area contributed by atoms with Gasteiger partial charge in [-0.15, -0.1) is 12.4 Å². The van der Waals surface area contributed by atoms with E-state index < -0.39 is 0 Å². The van der Waals surface area contributed by atoms with Gasteiger partial charge < -0.3 is 11.1 Å². The van der Waals surface area contributed by atoms with Crippen molar-refractivity contribution < 1.29 is 4.79 Å². The van der Waals surface area contributed by atoms with Crippen LogP contribution >= 0.6 is 28.3 Å². The minimum absolute atomic E-state index is 0. The number of fused-ring (bicyclic) bond motifs is 3. The quantitative estimate of drug-likeness (QED) is 0.766. The Morgan fingerprint density at radius 3 is 2.58 bits per heavy atom. The van der Waals surface area contributed by atoms with Gasteiger partial charge in [0.25, 0.3) is 0 Å². The Kier molecular flexibility index (Phi) is 5.58. The van der Waals surface area contributed by atoms with E-state index in [1.807, 2.05) is 0 Å². The fraction of sp³-hybridized carbons (Fsp3) is 0.632. The molecule has 1 amide bonds. The third-order valence-electron chi connectivity index (χ3n) is 6.31. The Morgan fingerprint density at radius 1 is 1.17 bits per heavy atom. The van der Waals surface area contributed by atoms with Crippen LogP contribution in [0.5, 0.6) is 0 Å². The SMILES string of the molecule is Cl.NC1C2CCCC1CC(C(=O)NC1CCc3c(Br)cccc31)C2. The Balaban J connectivity index is 0.00000169. The molecule has 0 spiro atoms. The first kappa shape index (κ1) is 18.2. The van der Waals surface area contributed by atoms with Crippen LogP contribution in [0.15, 0.2) is 22.7 Å². The molecule has 1 aromatic rings. The summed E-state index contributed by atoms with van der Waals surface area (Å²) in [5.74, 6) is 1.54. The second kappa shape index (κ2) is 7.35. The molecule has 1 aromatic carbocycles. The topological polar surface area (TPSA) is 55.1 Å². The average Bonchev–Trinajstić information content (AvgIpc) is 2.91. The van der Waals surface area contributed by atoms with E-state index in [2.05, 4.69) is 39.4 Å². The molecule has 2 saturated carbocycles. The first-order valence-corrected chi connectivity index (χ1v) is 9.76. The lowest BCUT2D eigenvalue weighted by Gasteiger charge is -2.43. The normalized spacial score (nSPS) is 34.2. The molecule has 3 N–H and O–H groups in total. The zero-order chi connectivity index (χ0) is 16.0. The second-order valence-corrected chi connectivity index (χ2v) is 8.46. The zero-order valence-corrected chi connectivity index (χ0v) is 16.2. The summed E-state index contributed by atoms with van der Waals surface area (Å²) >= 11 is 3.63. The van der Waals surface area contributed by atoms with Gasteiger partial charge in [-0.2, -0.15) is 0 Å². The van der Waals surface area contributed by atoms with Crippen molar-refractivity contribution in [3.63, 3.8) is 0 Å². The van der Waals surface area contributed by atoms with Crippen molar-refractivity contribution in [1.29, 1.82) is 0 Å². The maximum Gasteiger partial charge on any atom is 0.223 e. The van der Waals surface area contributed by atoms with Crippen LogP contribution in [0.3, 0.4) is 0 Å². The number of amides is 1. The van der Waals surface area contributed by atoms with E-state index in [-0.39, 0.29) is 30.3 Å². The van der Waals surface area contributed by atoms with Crippen LogP contribution in [-0.2, 0) is 11.2 Å². The average molecular weight is 414 g/mol. The van der Waals surface area contributed by atoms with Crippen molar-refractivity contribution in [3.05, 3.63) is 33.8 Å². The summed E-state index contributed by atoms with van der Waals surface area (Å²) < 4.78 is 1.17. The summed E-state index contributed by atoms with van der Waals surface area (Å²) in [5, 5.41) is 3.34. The maximum atomic E-state index is 12.8. The number of carbonyl (C=O) groups is 1. The monoisotopic (exact) mass is 412 g/mol. The van der Waals surface area contributed by atoms with Gasteiger partial charge in [0.1, 0.15) is 0 Å². The smallest absolute Gasteiger partial charge is 0.223 e. The highest BCUT2D eigenvalue weighted by atomic mass is 79.9. The van der Waals surface area contributed by atoms with Gasteiger partial charge in [0.05, 0.1) is 6.04 Å². The number of hydrogen-bond acceptors (Lipinski definition) is 2. The Morgan fingerprint density at radius 2 is 1.88 bits per heavy atom. The van der Waals surface area contributed by atoms with Gasteiger partial charge in [-0.3, -0.25) is 4.79 Å². The predicted octanol–water partition coefficient (Wildman–Crippen LogP) is 4.13. The van der Waals surface area contributed by atoms with Crippen LogP contribution in [0, 0.1) is 17.8 Å². The van der Waals surface area contributed by atoms with Gasteiger partial charge in [-0.05, 0) is 67.6 Å². The molecule has 5 heteroatoms. The number of carbonyl (C=O) groups excluding carboxylic acids is 1. The minimum atomic E-state index is 0. The molecule has 132 valence electrons. The lowest BCUT2D eigenvalue weighted by molar-refractivity contribution is -0.128. The lowest BCUT2D eigenvalue weighted by atomic mass is 9.65. The number of benzene rings is 1. The molecular weight excluding hydrogens is 388 g/mol. The van der Waals surface area contributed by atoms with Gasteiger partial charge in [0, 0.05) is 16.4 Å². The zero-order valence-electron chi connectivity index (χ0n) is 13.8. The first-order valence-electron chi connectivity index (χ1n) is 8.96. The number of hydrogen-bond donors (Lipinski definition) is 2. The molecule has 2 fully saturated rings.